The fourth-order valence-electron chi connectivity index (χ4n) is 3.01. The van der Waals surface area contributed by atoms with Gasteiger partial charge in [-0.25, -0.2) is 9.89 Å². The zero-order valence-electron chi connectivity index (χ0n) is 15.4. The summed E-state index contributed by atoms with van der Waals surface area (Å²) in [5.74, 6) is -0.604. The van der Waals surface area contributed by atoms with Gasteiger partial charge in [0, 0.05) is 11.4 Å². The summed E-state index contributed by atoms with van der Waals surface area (Å²) in [5, 5.41) is 16.4. The van der Waals surface area contributed by atoms with Crippen molar-refractivity contribution in [2.24, 2.45) is 0 Å². The van der Waals surface area contributed by atoms with E-state index in [9.17, 15) is 14.4 Å². The molecule has 10 heteroatoms. The zero-order valence-corrected chi connectivity index (χ0v) is 16.2. The molecule has 0 fully saturated rings. The van der Waals surface area contributed by atoms with Crippen molar-refractivity contribution in [2.45, 2.75) is 25.9 Å². The number of aromatic nitrogens is 4. The van der Waals surface area contributed by atoms with E-state index in [0.717, 1.165) is 4.88 Å². The molecule has 0 aliphatic carbocycles. The first-order valence-electron chi connectivity index (χ1n) is 8.89. The number of hydrogen-bond donors (Lipinski definition) is 2. The van der Waals surface area contributed by atoms with Crippen LogP contribution in [0.5, 0.6) is 0 Å². The van der Waals surface area contributed by atoms with Gasteiger partial charge in [-0.2, -0.15) is 9.78 Å². The quantitative estimate of drug-likeness (QED) is 0.496. The van der Waals surface area contributed by atoms with E-state index in [1.807, 2.05) is 17.5 Å². The minimum Gasteiger partial charge on any atom is -0.387 e. The van der Waals surface area contributed by atoms with Crippen LogP contribution in [0, 0.1) is 0 Å². The normalized spacial score (nSPS) is 12.2. The molecule has 0 bridgehead atoms. The number of aromatic amines is 1. The van der Waals surface area contributed by atoms with Gasteiger partial charge in [-0.05, 0) is 24.4 Å². The van der Waals surface area contributed by atoms with Crippen molar-refractivity contribution >= 4 is 28.0 Å². The zero-order chi connectivity index (χ0) is 20.4. The molecule has 0 saturated heterocycles. The minimum absolute atomic E-state index is 0.00417. The van der Waals surface area contributed by atoms with Gasteiger partial charge < -0.3 is 9.73 Å². The van der Waals surface area contributed by atoms with Crippen LogP contribution in [-0.2, 0) is 17.8 Å². The van der Waals surface area contributed by atoms with Crippen LogP contribution in [0.25, 0.3) is 21.5 Å². The number of hydrogen-bond acceptors (Lipinski definition) is 7. The number of thiophene rings is 1. The van der Waals surface area contributed by atoms with E-state index in [4.69, 9.17) is 4.42 Å². The van der Waals surface area contributed by atoms with Crippen molar-refractivity contribution in [3.05, 3.63) is 68.4 Å². The lowest BCUT2D eigenvalue weighted by Crippen LogP contribution is -2.38. The number of carbonyl (C=O) groups is 1. The molecule has 0 saturated carbocycles. The number of fused-ring (bicyclic) bond motifs is 1. The highest BCUT2D eigenvalue weighted by molar-refractivity contribution is 7.13. The van der Waals surface area contributed by atoms with Crippen LogP contribution in [0.2, 0.25) is 0 Å². The SMILES string of the molecule is C[C@@H](Cn1nc(-c2cccs2)oc1=O)NC(=O)Cc1n[nH]c(=O)c2ccccc12. The highest BCUT2D eigenvalue weighted by Crippen LogP contribution is 2.21. The molecule has 4 aromatic rings. The molecule has 148 valence electrons. The summed E-state index contributed by atoms with van der Waals surface area (Å²) in [5.41, 5.74) is 0.175. The van der Waals surface area contributed by atoms with Crippen LogP contribution in [0.15, 0.2) is 55.8 Å². The van der Waals surface area contributed by atoms with E-state index >= 15 is 0 Å². The molecule has 29 heavy (non-hydrogen) atoms. The molecule has 0 aliphatic heterocycles. The number of amides is 1. The van der Waals surface area contributed by atoms with Gasteiger partial charge in [0.1, 0.15) is 0 Å². The summed E-state index contributed by atoms with van der Waals surface area (Å²) in [6.07, 6.45) is -0.00417. The van der Waals surface area contributed by atoms with Crippen molar-refractivity contribution in [1.29, 1.82) is 0 Å². The number of benzene rings is 1. The van der Waals surface area contributed by atoms with Crippen LogP contribution in [-0.4, -0.2) is 31.9 Å². The van der Waals surface area contributed by atoms with Gasteiger partial charge in [0.25, 0.3) is 11.4 Å². The Morgan fingerprint density at radius 2 is 2.03 bits per heavy atom. The van der Waals surface area contributed by atoms with Gasteiger partial charge >= 0.3 is 5.76 Å². The van der Waals surface area contributed by atoms with Gasteiger partial charge in [-0.1, -0.05) is 24.3 Å². The maximum Gasteiger partial charge on any atom is 0.437 e. The predicted octanol–water partition coefficient (Wildman–Crippen LogP) is 1.55. The maximum absolute atomic E-state index is 12.4. The fraction of sp³-hybridized carbons (Fsp3) is 0.211. The third kappa shape index (κ3) is 4.02. The third-order valence-corrected chi connectivity index (χ3v) is 5.15. The Kier molecular flexibility index (Phi) is 5.09. The van der Waals surface area contributed by atoms with Gasteiger partial charge in [-0.15, -0.1) is 16.4 Å². The number of carbonyl (C=O) groups excluding carboxylic acids is 1. The van der Waals surface area contributed by atoms with Crippen LogP contribution < -0.4 is 16.6 Å². The van der Waals surface area contributed by atoms with Crippen molar-refractivity contribution in [2.75, 3.05) is 0 Å². The van der Waals surface area contributed by atoms with Gasteiger partial charge in [0.05, 0.1) is 28.9 Å². The second-order valence-corrected chi connectivity index (χ2v) is 7.47. The van der Waals surface area contributed by atoms with E-state index < -0.39 is 5.76 Å². The molecule has 1 atom stereocenters. The number of H-pyrrole nitrogens is 1. The lowest BCUT2D eigenvalue weighted by atomic mass is 10.1. The molecular weight excluding hydrogens is 394 g/mol. The van der Waals surface area contributed by atoms with E-state index in [1.165, 1.54) is 16.0 Å². The number of nitrogens with one attached hydrogen (secondary N) is 2. The Balaban J connectivity index is 1.44. The molecule has 2 N–H and O–H groups in total. The minimum atomic E-state index is -0.581. The predicted molar refractivity (Wildman–Crippen MR) is 108 cm³/mol. The molecule has 1 aromatic carbocycles. The second kappa shape index (κ2) is 7.84. The molecule has 1 amide bonds. The van der Waals surface area contributed by atoms with E-state index in [0.29, 0.717) is 16.5 Å². The molecule has 0 spiro atoms. The van der Waals surface area contributed by atoms with E-state index in [1.54, 1.807) is 31.2 Å². The highest BCUT2D eigenvalue weighted by Gasteiger charge is 2.16. The largest absolute Gasteiger partial charge is 0.437 e. The van der Waals surface area contributed by atoms with Gasteiger partial charge in [0.2, 0.25) is 5.91 Å². The summed E-state index contributed by atoms with van der Waals surface area (Å²) < 4.78 is 6.36. The molecular formula is C19H17N5O4S. The molecule has 0 aliphatic rings. The summed E-state index contributed by atoms with van der Waals surface area (Å²) in [6.45, 7) is 1.93. The van der Waals surface area contributed by atoms with Crippen LogP contribution in [0.1, 0.15) is 12.6 Å². The van der Waals surface area contributed by atoms with Crippen LogP contribution in [0.3, 0.4) is 0 Å². The number of rotatable bonds is 6. The smallest absolute Gasteiger partial charge is 0.387 e. The molecule has 9 nitrogen and oxygen atoms in total. The molecule has 0 unspecified atom stereocenters. The topological polar surface area (TPSA) is 123 Å². The second-order valence-electron chi connectivity index (χ2n) is 6.52. The maximum atomic E-state index is 12.4. The molecule has 4 rings (SSSR count). The fourth-order valence-corrected chi connectivity index (χ4v) is 3.65. The summed E-state index contributed by atoms with van der Waals surface area (Å²) >= 11 is 1.42. The Morgan fingerprint density at radius 3 is 2.79 bits per heavy atom. The summed E-state index contributed by atoms with van der Waals surface area (Å²) in [7, 11) is 0. The van der Waals surface area contributed by atoms with Gasteiger partial charge in [-0.3, -0.25) is 9.59 Å². The van der Waals surface area contributed by atoms with Crippen LogP contribution >= 0.6 is 11.3 Å². The number of nitrogens with zero attached hydrogens (tertiary/aromatic N) is 3. The molecule has 3 aromatic heterocycles. The van der Waals surface area contributed by atoms with Crippen molar-refractivity contribution in [3.8, 4) is 10.8 Å². The molecule has 0 radical (unpaired) electrons. The van der Waals surface area contributed by atoms with E-state index in [-0.39, 0.29) is 36.4 Å². The Morgan fingerprint density at radius 1 is 1.24 bits per heavy atom. The first-order chi connectivity index (χ1) is 14.0. The Bertz CT molecular complexity index is 1270. The lowest BCUT2D eigenvalue weighted by molar-refractivity contribution is -0.121. The average molecular weight is 411 g/mol. The van der Waals surface area contributed by atoms with Crippen molar-refractivity contribution in [1.82, 2.24) is 25.3 Å². The first kappa shape index (κ1) is 18.8. The third-order valence-electron chi connectivity index (χ3n) is 4.30. The summed E-state index contributed by atoms with van der Waals surface area (Å²) in [4.78, 5) is 37.1. The lowest BCUT2D eigenvalue weighted by Gasteiger charge is -2.13. The Hall–Kier alpha value is -3.53. The van der Waals surface area contributed by atoms with Crippen molar-refractivity contribution < 1.29 is 9.21 Å². The first-order valence-corrected chi connectivity index (χ1v) is 9.76. The monoisotopic (exact) mass is 411 g/mol. The van der Waals surface area contributed by atoms with Crippen LogP contribution in [0.4, 0.5) is 0 Å². The van der Waals surface area contributed by atoms with Crippen molar-refractivity contribution in [3.63, 3.8) is 0 Å². The standard InChI is InChI=1S/C19H17N5O4S/c1-11(10-24-19(27)28-18(23-24)15-7-4-8-29-15)20-16(25)9-14-12-5-2-3-6-13(12)17(26)22-21-14/h2-8,11H,9-10H2,1H3,(H,20,25)(H,22,26)/t11-/m0/s1. The Labute approximate surface area is 168 Å². The van der Waals surface area contributed by atoms with E-state index in [2.05, 4.69) is 20.6 Å². The highest BCUT2D eigenvalue weighted by atomic mass is 32.1. The average Bonchev–Trinajstić information content (AvgIpc) is 3.35. The summed E-state index contributed by atoms with van der Waals surface area (Å²) in [6, 6.07) is 10.3. The molecule has 3 heterocycles. The van der Waals surface area contributed by atoms with Gasteiger partial charge in [0.15, 0.2) is 0 Å².